The Bertz CT molecular complexity index is 2400. The van der Waals surface area contributed by atoms with Gasteiger partial charge in [-0.3, -0.25) is 19.2 Å². The van der Waals surface area contributed by atoms with Crippen LogP contribution in [0.2, 0.25) is 0 Å². The van der Waals surface area contributed by atoms with Crippen LogP contribution in [0.1, 0.15) is 73.1 Å². The third-order valence-corrected chi connectivity index (χ3v) is 14.2. The fourth-order valence-corrected chi connectivity index (χ4v) is 10.5. The van der Waals surface area contributed by atoms with Crippen LogP contribution in [0.3, 0.4) is 0 Å². The number of carboxylic acids is 2. The smallest absolute Gasteiger partial charge is 0.507 e. The minimum absolute atomic E-state index is 0.201. The molecule has 11 N–H and O–H groups in total. The number of likely N-dealkylation sites (N-methyl/N-ethyl adjacent to an activating group) is 1. The van der Waals surface area contributed by atoms with Crippen LogP contribution in [-0.2, 0) is 58.0 Å². The van der Waals surface area contributed by atoms with Gasteiger partial charge in [0.25, 0.3) is 0 Å². The monoisotopic (exact) mass is 970 g/mol. The van der Waals surface area contributed by atoms with E-state index in [1.54, 1.807) is 24.3 Å². The number of thioether (sulfide) groups is 1. The molecule has 2 fully saturated rings. The van der Waals surface area contributed by atoms with Crippen molar-refractivity contribution in [1.29, 1.82) is 0 Å². The second-order valence-electron chi connectivity index (χ2n) is 17.1. The Morgan fingerprint density at radius 2 is 1.85 bits per heavy atom. The Morgan fingerprint density at radius 3 is 2.51 bits per heavy atom. The average Bonchev–Trinajstić information content (AvgIpc) is 3.97. The molecule has 2 heterocycles. The lowest BCUT2D eigenvalue weighted by molar-refractivity contribution is -0.281. The van der Waals surface area contributed by atoms with Crippen molar-refractivity contribution in [1.82, 2.24) is 16.0 Å². The number of benzene rings is 1. The molecule has 368 valence electrons. The third kappa shape index (κ3) is 10.0. The van der Waals surface area contributed by atoms with E-state index in [0.29, 0.717) is 40.9 Å². The fraction of sp³-hybridized carbons (Fsp3) is 0.511. The zero-order valence-corrected chi connectivity index (χ0v) is 38.1. The van der Waals surface area contributed by atoms with Crippen molar-refractivity contribution in [3.05, 3.63) is 86.4 Å². The zero-order chi connectivity index (χ0) is 49.4. The molecule has 12 atom stereocenters. The van der Waals surface area contributed by atoms with Crippen molar-refractivity contribution in [2.24, 2.45) is 5.73 Å². The van der Waals surface area contributed by atoms with Crippen LogP contribution in [0.25, 0.3) is 6.08 Å². The largest absolute Gasteiger partial charge is 0.508 e. The number of aliphatic carboxylic acids is 2. The molecule has 68 heavy (non-hydrogen) atoms. The Hall–Kier alpha value is -5.79. The van der Waals surface area contributed by atoms with Crippen molar-refractivity contribution in [2.75, 3.05) is 33.1 Å². The van der Waals surface area contributed by atoms with Crippen molar-refractivity contribution in [2.45, 2.75) is 111 Å². The molecule has 0 spiro atoms. The van der Waals surface area contributed by atoms with E-state index in [-0.39, 0.29) is 35.7 Å². The van der Waals surface area contributed by atoms with E-state index in [1.807, 2.05) is 6.92 Å². The summed E-state index contributed by atoms with van der Waals surface area (Å²) in [5.41, 5.74) is 6.84. The molecule has 2 aliphatic heterocycles. The Morgan fingerprint density at radius 1 is 1.10 bits per heavy atom. The average molecular weight is 971 g/mol. The summed E-state index contributed by atoms with van der Waals surface area (Å²) >= 11 is 0.954. The number of carbonyl (C=O) groups excluding carboxylic acids is 4. The number of aliphatic hydroxyl groups excluding tert-OH is 3. The van der Waals surface area contributed by atoms with E-state index in [4.69, 9.17) is 34.2 Å². The number of nitrogens with two attached hydrogens (primary N) is 1. The van der Waals surface area contributed by atoms with Crippen molar-refractivity contribution < 1.29 is 87.8 Å². The Balaban J connectivity index is 1.34. The number of ether oxygens (including phenoxy) is 6. The summed E-state index contributed by atoms with van der Waals surface area (Å²) in [4.78, 5) is 76.7. The van der Waals surface area contributed by atoms with Gasteiger partial charge in [-0.15, -0.1) is 11.8 Å². The number of fused-ring (bicyclic) bond motifs is 3. The quantitative estimate of drug-likeness (QED) is 0.0897. The highest BCUT2D eigenvalue weighted by Gasteiger charge is 2.53. The minimum atomic E-state index is -1.93. The van der Waals surface area contributed by atoms with E-state index in [1.165, 1.54) is 33.2 Å². The van der Waals surface area contributed by atoms with Gasteiger partial charge < -0.3 is 80.7 Å². The normalized spacial score (nSPS) is 30.2. The van der Waals surface area contributed by atoms with Crippen LogP contribution in [-0.4, -0.2) is 155 Å². The van der Waals surface area contributed by atoms with Crippen LogP contribution in [0.15, 0.2) is 64.2 Å². The Kier molecular flexibility index (Phi) is 15.1. The number of amides is 2. The van der Waals surface area contributed by atoms with Gasteiger partial charge in [0.15, 0.2) is 12.4 Å². The number of aliphatic hydroxyl groups is 4. The molecular weight excluding hydrogens is 917 g/mol. The molecule has 0 saturated carbocycles. The molecule has 4 aliphatic carbocycles. The molecular formula is C45H54N4O18S. The van der Waals surface area contributed by atoms with E-state index >= 15 is 0 Å². The van der Waals surface area contributed by atoms with Gasteiger partial charge in [0.1, 0.15) is 72.3 Å². The maximum absolute atomic E-state index is 14.9. The summed E-state index contributed by atoms with van der Waals surface area (Å²) in [6.07, 6.45) is -3.83. The molecule has 0 bridgehead atoms. The second kappa shape index (κ2) is 20.4. The number of rotatable bonds is 18. The van der Waals surface area contributed by atoms with Crippen LogP contribution < -0.4 is 21.7 Å². The van der Waals surface area contributed by atoms with E-state index < -0.39 is 121 Å². The first-order valence-electron chi connectivity index (χ1n) is 21.7. The molecule has 22 nitrogen and oxygen atoms in total. The molecule has 1 aromatic rings. The topological polar surface area (TPSA) is 341 Å². The fourth-order valence-electron chi connectivity index (χ4n) is 9.04. The molecule has 0 radical (unpaired) electrons. The summed E-state index contributed by atoms with van der Waals surface area (Å²) in [5.74, 6) is -5.71. The van der Waals surface area contributed by atoms with Gasteiger partial charge in [-0.2, -0.15) is 0 Å². The maximum Gasteiger partial charge on any atom is 0.508 e. The van der Waals surface area contributed by atoms with Gasteiger partial charge in [0.05, 0.1) is 24.5 Å². The lowest BCUT2D eigenvalue weighted by Gasteiger charge is -2.43. The highest BCUT2D eigenvalue weighted by molar-refractivity contribution is 7.99. The summed E-state index contributed by atoms with van der Waals surface area (Å²) in [5, 5.41) is 70.7. The highest BCUT2D eigenvalue weighted by atomic mass is 32.2. The van der Waals surface area contributed by atoms with Crippen molar-refractivity contribution in [3.8, 4) is 0 Å². The first-order chi connectivity index (χ1) is 32.3. The number of carbonyl (C=O) groups is 6. The summed E-state index contributed by atoms with van der Waals surface area (Å²) in [7, 11) is 2.99. The number of carboxylic acid groups (broad SMARTS) is 2. The molecule has 1 aromatic carbocycles. The molecule has 2 amide bonds. The van der Waals surface area contributed by atoms with E-state index in [0.717, 1.165) is 22.9 Å². The maximum atomic E-state index is 14.9. The van der Waals surface area contributed by atoms with E-state index in [2.05, 4.69) is 16.0 Å². The Labute approximate surface area is 393 Å². The standard InChI is InChI=1S/C45H54N4O18S/c1-18-11-21(62-4)13-23-22(18)5-7-29(50)33(23)42(59)66-38-37(67-43-34(47-3)36(55)35(54)19(2)64-43)24-12-20-9-10-45(61,30-16-63-44(60)65-30)26(20)14-25(24)39(38)68-17-28(40(56)48-15-32(52)53)49-31(51)8-6-27(46)41(57)58/h7,9-10,12-14,19,27-28,30,34-39,43,47,50,54-55,61H,5-6,8,11,15-17,46H2,1-4H3,(H,48,56)(H,49,51)(H,52,53)(H,57,58)/t19-,27-,28+,30-,34-,35+,36-,37-,38+,39+,43-,45-/m1/s1. The number of esters is 1. The van der Waals surface area contributed by atoms with Gasteiger partial charge >= 0.3 is 24.1 Å². The predicted octanol–water partition coefficient (Wildman–Crippen LogP) is 0.519. The molecule has 0 unspecified atom stereocenters. The highest BCUT2D eigenvalue weighted by Crippen LogP contribution is 2.54. The first-order valence-corrected chi connectivity index (χ1v) is 22.8. The summed E-state index contributed by atoms with van der Waals surface area (Å²) in [6.45, 7) is 2.27. The molecule has 6 aliphatic rings. The molecule has 7 rings (SSSR count). The minimum Gasteiger partial charge on any atom is -0.507 e. The molecule has 0 aromatic heterocycles. The van der Waals surface area contributed by atoms with Gasteiger partial charge in [0, 0.05) is 18.6 Å². The summed E-state index contributed by atoms with van der Waals surface area (Å²) < 4.78 is 35.2. The van der Waals surface area contributed by atoms with E-state index in [9.17, 15) is 59.4 Å². The predicted molar refractivity (Wildman–Crippen MR) is 236 cm³/mol. The van der Waals surface area contributed by atoms with Gasteiger partial charge in [-0.1, -0.05) is 17.7 Å². The lowest BCUT2D eigenvalue weighted by atomic mass is 9.83. The van der Waals surface area contributed by atoms with Crippen LogP contribution in [0.4, 0.5) is 4.79 Å². The number of allylic oxidation sites excluding steroid dienone is 5. The van der Waals surface area contributed by atoms with Gasteiger partial charge in [-0.05, 0) is 91.4 Å². The number of nitrogens with one attached hydrogen (secondary N) is 3. The molecule has 2 saturated heterocycles. The number of cyclic esters (lactones) is 2. The van der Waals surface area contributed by atoms with Crippen molar-refractivity contribution >= 4 is 53.7 Å². The van der Waals surface area contributed by atoms with Gasteiger partial charge in [0.2, 0.25) is 11.8 Å². The lowest BCUT2D eigenvalue weighted by Crippen LogP contribution is -2.62. The number of hydrogen-bond donors (Lipinski definition) is 10. The number of hydrogen-bond acceptors (Lipinski definition) is 19. The molecule has 23 heteroatoms. The van der Waals surface area contributed by atoms with Crippen LogP contribution in [0, 0.1) is 0 Å². The number of methoxy groups -OCH3 is 1. The zero-order valence-electron chi connectivity index (χ0n) is 37.3. The third-order valence-electron chi connectivity index (χ3n) is 12.8. The van der Waals surface area contributed by atoms with Gasteiger partial charge in [-0.25, -0.2) is 9.59 Å². The SMILES string of the molecule is CN[C@H]1[C@@H](O[C@@H]2c3cc4c(cc3[C@H](SC[C@H](NC(=O)CC[C@@H](N)C(=O)O)C(=O)NCC(=O)O)[C@H]2OC(=O)C2=C3C=C(OC)CC(C)=C3CC=C2O)[C@@](O)([C@H]2COC(=O)O2)C=C4)O[C@H](C)[C@H](O)[C@@H]1O. The second-order valence-corrected chi connectivity index (χ2v) is 18.3. The van der Waals surface area contributed by atoms with Crippen LogP contribution in [0.5, 0.6) is 0 Å². The van der Waals surface area contributed by atoms with Crippen LogP contribution >= 0.6 is 11.8 Å². The van der Waals surface area contributed by atoms with Crippen molar-refractivity contribution in [3.63, 3.8) is 0 Å². The summed E-state index contributed by atoms with van der Waals surface area (Å²) in [6, 6.07) is -0.709. The first kappa shape index (κ1) is 50.1.